The molecular weight excluding hydrogens is 270 g/mol. The number of hydrogen-bond donors (Lipinski definition) is 1. The normalized spacial score (nSPS) is 16.3. The van der Waals surface area contributed by atoms with Crippen LogP contribution in [0.15, 0.2) is 41.1 Å². The van der Waals surface area contributed by atoms with Gasteiger partial charge in [-0.15, -0.1) is 0 Å². The molecule has 3 nitrogen and oxygen atoms in total. The molecule has 0 unspecified atom stereocenters. The lowest BCUT2D eigenvalue weighted by Crippen LogP contribution is -2.37. The zero-order chi connectivity index (χ0) is 13.9. The molecule has 1 aliphatic heterocycles. The molecule has 0 atom stereocenters. The minimum atomic E-state index is 0.149. The Balaban J connectivity index is 1.62. The van der Waals surface area contributed by atoms with E-state index in [2.05, 4.69) is 0 Å². The largest absolute Gasteiger partial charge is 0.508 e. The summed E-state index contributed by atoms with van der Waals surface area (Å²) in [7, 11) is 0. The van der Waals surface area contributed by atoms with Crippen LogP contribution in [-0.2, 0) is 0 Å². The lowest BCUT2D eigenvalue weighted by molar-refractivity contribution is 0.0713. The molecule has 1 fully saturated rings. The number of phenols is 1. The first-order valence-corrected chi connectivity index (χ1v) is 7.79. The van der Waals surface area contributed by atoms with Crippen LogP contribution in [-0.4, -0.2) is 29.0 Å². The first kappa shape index (κ1) is 13.2. The molecule has 104 valence electrons. The molecule has 0 radical (unpaired) electrons. The van der Waals surface area contributed by atoms with Crippen LogP contribution in [0.5, 0.6) is 5.75 Å². The highest BCUT2D eigenvalue weighted by Gasteiger charge is 2.24. The molecule has 2 aromatic rings. The standard InChI is InChI=1S/C16H17NO2S/c18-15-3-1-12(2-4-15)13-5-8-17(9-6-13)16(19)14-7-10-20-11-14/h1-4,7,10-11,13,18H,5-6,8-9H2. The average molecular weight is 287 g/mol. The van der Waals surface area contributed by atoms with Gasteiger partial charge in [-0.1, -0.05) is 12.1 Å². The molecular formula is C16H17NO2S. The molecule has 4 heteroatoms. The number of aromatic hydroxyl groups is 1. The summed E-state index contributed by atoms with van der Waals surface area (Å²) in [5.74, 6) is 0.941. The van der Waals surface area contributed by atoms with E-state index in [1.54, 1.807) is 23.5 Å². The van der Waals surface area contributed by atoms with Gasteiger partial charge in [-0.25, -0.2) is 0 Å². The van der Waals surface area contributed by atoms with Crippen LogP contribution in [0.3, 0.4) is 0 Å². The van der Waals surface area contributed by atoms with Crippen molar-refractivity contribution in [2.45, 2.75) is 18.8 Å². The average Bonchev–Trinajstić information content (AvgIpc) is 3.02. The molecule has 1 amide bonds. The number of thiophene rings is 1. The highest BCUT2D eigenvalue weighted by molar-refractivity contribution is 7.08. The van der Waals surface area contributed by atoms with E-state index in [9.17, 15) is 9.90 Å². The van der Waals surface area contributed by atoms with Crippen molar-refractivity contribution in [1.29, 1.82) is 0 Å². The van der Waals surface area contributed by atoms with Crippen molar-refractivity contribution in [2.24, 2.45) is 0 Å². The first-order valence-electron chi connectivity index (χ1n) is 6.84. The van der Waals surface area contributed by atoms with Gasteiger partial charge in [0.15, 0.2) is 0 Å². The maximum atomic E-state index is 12.2. The summed E-state index contributed by atoms with van der Waals surface area (Å²) in [5, 5.41) is 13.2. The van der Waals surface area contributed by atoms with Gasteiger partial charge in [0, 0.05) is 18.5 Å². The number of likely N-dealkylation sites (tertiary alicyclic amines) is 1. The third-order valence-electron chi connectivity index (χ3n) is 3.91. The maximum Gasteiger partial charge on any atom is 0.254 e. The van der Waals surface area contributed by atoms with Gasteiger partial charge in [-0.2, -0.15) is 11.3 Å². The summed E-state index contributed by atoms with van der Waals surface area (Å²) in [6.07, 6.45) is 1.97. The minimum absolute atomic E-state index is 0.149. The van der Waals surface area contributed by atoms with E-state index in [0.717, 1.165) is 31.5 Å². The molecule has 0 spiro atoms. The summed E-state index contributed by atoms with van der Waals surface area (Å²) in [5.41, 5.74) is 2.06. The number of carbonyl (C=O) groups is 1. The second-order valence-corrected chi connectivity index (χ2v) is 5.95. The molecule has 3 rings (SSSR count). The number of phenolic OH excluding ortho intramolecular Hbond substituents is 1. The third-order valence-corrected chi connectivity index (χ3v) is 4.60. The fraction of sp³-hybridized carbons (Fsp3) is 0.312. The topological polar surface area (TPSA) is 40.5 Å². The van der Waals surface area contributed by atoms with E-state index in [1.807, 2.05) is 33.9 Å². The van der Waals surface area contributed by atoms with Gasteiger partial charge in [-0.3, -0.25) is 4.79 Å². The Morgan fingerprint density at radius 1 is 1.15 bits per heavy atom. The van der Waals surface area contributed by atoms with Gasteiger partial charge in [0.1, 0.15) is 5.75 Å². The SMILES string of the molecule is O=C(c1ccsc1)N1CCC(c2ccc(O)cc2)CC1. The van der Waals surface area contributed by atoms with Crippen LogP contribution in [0.1, 0.15) is 34.7 Å². The fourth-order valence-corrected chi connectivity index (χ4v) is 3.36. The van der Waals surface area contributed by atoms with Crippen molar-refractivity contribution in [3.05, 3.63) is 52.2 Å². The van der Waals surface area contributed by atoms with Gasteiger partial charge < -0.3 is 10.0 Å². The maximum absolute atomic E-state index is 12.2. The molecule has 1 N–H and O–H groups in total. The number of nitrogens with zero attached hydrogens (tertiary/aromatic N) is 1. The van der Waals surface area contributed by atoms with Crippen LogP contribution in [0.25, 0.3) is 0 Å². The zero-order valence-electron chi connectivity index (χ0n) is 11.2. The minimum Gasteiger partial charge on any atom is -0.508 e. The van der Waals surface area contributed by atoms with E-state index >= 15 is 0 Å². The smallest absolute Gasteiger partial charge is 0.254 e. The van der Waals surface area contributed by atoms with E-state index < -0.39 is 0 Å². The van der Waals surface area contributed by atoms with Crippen molar-refractivity contribution in [3.63, 3.8) is 0 Å². The second kappa shape index (κ2) is 5.67. The molecule has 0 bridgehead atoms. The van der Waals surface area contributed by atoms with Gasteiger partial charge in [0.05, 0.1) is 5.56 Å². The summed E-state index contributed by atoms with van der Waals surface area (Å²) >= 11 is 1.56. The summed E-state index contributed by atoms with van der Waals surface area (Å²) in [4.78, 5) is 14.2. The van der Waals surface area contributed by atoms with Crippen molar-refractivity contribution >= 4 is 17.2 Å². The summed E-state index contributed by atoms with van der Waals surface area (Å²) in [6.45, 7) is 1.61. The molecule has 0 aliphatic carbocycles. The van der Waals surface area contributed by atoms with Crippen LogP contribution in [0.4, 0.5) is 0 Å². The Morgan fingerprint density at radius 2 is 1.85 bits per heavy atom. The quantitative estimate of drug-likeness (QED) is 0.918. The summed E-state index contributed by atoms with van der Waals surface area (Å²) < 4.78 is 0. The van der Waals surface area contributed by atoms with E-state index in [1.165, 1.54) is 5.56 Å². The Bertz CT molecular complexity index is 569. The van der Waals surface area contributed by atoms with Crippen LogP contribution in [0.2, 0.25) is 0 Å². The van der Waals surface area contributed by atoms with Crippen LogP contribution in [0, 0.1) is 0 Å². The monoisotopic (exact) mass is 287 g/mol. The van der Waals surface area contributed by atoms with E-state index in [-0.39, 0.29) is 5.91 Å². The van der Waals surface area contributed by atoms with E-state index in [0.29, 0.717) is 11.7 Å². The van der Waals surface area contributed by atoms with E-state index in [4.69, 9.17) is 0 Å². The van der Waals surface area contributed by atoms with Crippen molar-refractivity contribution in [3.8, 4) is 5.75 Å². The first-order chi connectivity index (χ1) is 9.74. The Kier molecular flexibility index (Phi) is 3.74. The lowest BCUT2D eigenvalue weighted by atomic mass is 9.89. The summed E-state index contributed by atoms with van der Waals surface area (Å²) in [6, 6.07) is 9.32. The number of rotatable bonds is 2. The molecule has 0 saturated carbocycles. The molecule has 1 aliphatic rings. The highest BCUT2D eigenvalue weighted by atomic mass is 32.1. The van der Waals surface area contributed by atoms with Crippen molar-refractivity contribution in [2.75, 3.05) is 13.1 Å². The van der Waals surface area contributed by atoms with Crippen molar-refractivity contribution in [1.82, 2.24) is 4.90 Å². The predicted octanol–water partition coefficient (Wildman–Crippen LogP) is 3.47. The van der Waals surface area contributed by atoms with Crippen LogP contribution >= 0.6 is 11.3 Å². The van der Waals surface area contributed by atoms with Gasteiger partial charge in [0.25, 0.3) is 5.91 Å². The molecule has 1 aromatic carbocycles. The Hall–Kier alpha value is -1.81. The number of benzene rings is 1. The lowest BCUT2D eigenvalue weighted by Gasteiger charge is -2.32. The second-order valence-electron chi connectivity index (χ2n) is 5.17. The molecule has 20 heavy (non-hydrogen) atoms. The number of piperidine rings is 1. The van der Waals surface area contributed by atoms with Gasteiger partial charge >= 0.3 is 0 Å². The van der Waals surface area contributed by atoms with Gasteiger partial charge in [0.2, 0.25) is 0 Å². The Labute approximate surface area is 122 Å². The molecule has 1 aromatic heterocycles. The number of amides is 1. The predicted molar refractivity (Wildman–Crippen MR) is 80.3 cm³/mol. The van der Waals surface area contributed by atoms with Crippen molar-refractivity contribution < 1.29 is 9.90 Å². The fourth-order valence-electron chi connectivity index (χ4n) is 2.73. The molecule has 1 saturated heterocycles. The number of hydrogen-bond acceptors (Lipinski definition) is 3. The Morgan fingerprint density at radius 3 is 2.45 bits per heavy atom. The zero-order valence-corrected chi connectivity index (χ0v) is 12.0. The third kappa shape index (κ3) is 2.70. The molecule has 2 heterocycles. The number of carbonyl (C=O) groups excluding carboxylic acids is 1. The highest BCUT2D eigenvalue weighted by Crippen LogP contribution is 2.29. The van der Waals surface area contributed by atoms with Gasteiger partial charge in [-0.05, 0) is 47.9 Å². The van der Waals surface area contributed by atoms with Crippen LogP contribution < -0.4 is 0 Å².